The molecule has 0 N–H and O–H groups in total. The highest BCUT2D eigenvalue weighted by Gasteiger charge is 2.26. The number of hydrogen-bond donors (Lipinski definition) is 0. The van der Waals surface area contributed by atoms with Gasteiger partial charge in [-0.05, 0) is 58.8 Å². The zero-order valence-corrected chi connectivity index (χ0v) is 14.7. The molecule has 2 aliphatic heterocycles. The molecular weight excluding hydrogens is 290 g/mol. The quantitative estimate of drug-likeness (QED) is 0.860. The van der Waals surface area contributed by atoms with Gasteiger partial charge in [-0.1, -0.05) is 0 Å². The molecule has 128 valence electrons. The van der Waals surface area contributed by atoms with E-state index in [4.69, 9.17) is 4.74 Å². The maximum atomic E-state index is 12.2. The van der Waals surface area contributed by atoms with Gasteiger partial charge in [-0.3, -0.25) is 0 Å². The predicted octanol–water partition coefficient (Wildman–Crippen LogP) is 2.88. The highest BCUT2D eigenvalue weighted by molar-refractivity contribution is 5.68. The molecule has 0 unspecified atom stereocenters. The summed E-state index contributed by atoms with van der Waals surface area (Å²) < 4.78 is 7.87. The third-order valence-electron chi connectivity index (χ3n) is 4.64. The highest BCUT2D eigenvalue weighted by atomic mass is 16.6. The summed E-state index contributed by atoms with van der Waals surface area (Å²) in [6, 6.07) is 4.39. The van der Waals surface area contributed by atoms with Crippen LogP contribution in [0.4, 0.5) is 4.79 Å². The van der Waals surface area contributed by atoms with E-state index in [9.17, 15) is 4.79 Å². The molecule has 0 saturated carbocycles. The fourth-order valence-corrected chi connectivity index (χ4v) is 3.46. The molecule has 1 fully saturated rings. The molecule has 1 aromatic heterocycles. The van der Waals surface area contributed by atoms with Crippen LogP contribution in [0.15, 0.2) is 12.1 Å². The molecule has 0 bridgehead atoms. The molecule has 3 rings (SSSR count). The number of amides is 1. The second kappa shape index (κ2) is 6.56. The number of hydrogen-bond acceptors (Lipinski definition) is 3. The lowest BCUT2D eigenvalue weighted by Gasteiger charge is -2.31. The van der Waals surface area contributed by atoms with Crippen molar-refractivity contribution in [3.05, 3.63) is 23.5 Å². The van der Waals surface area contributed by atoms with Crippen LogP contribution in [0.5, 0.6) is 0 Å². The predicted molar refractivity (Wildman–Crippen MR) is 90.5 cm³/mol. The lowest BCUT2D eigenvalue weighted by molar-refractivity contribution is 0.0198. The summed E-state index contributed by atoms with van der Waals surface area (Å²) in [5.74, 6) is 0. The topological polar surface area (TPSA) is 37.7 Å². The smallest absolute Gasteiger partial charge is 0.410 e. The normalized spacial score (nSPS) is 19.0. The number of carbonyl (C=O) groups is 1. The first-order valence-electron chi connectivity index (χ1n) is 8.80. The summed E-state index contributed by atoms with van der Waals surface area (Å²) in [5.41, 5.74) is 2.19. The third kappa shape index (κ3) is 4.08. The Bertz CT molecular complexity index is 553. The molecule has 0 radical (unpaired) electrons. The van der Waals surface area contributed by atoms with Crippen molar-refractivity contribution in [2.24, 2.45) is 0 Å². The molecule has 0 atom stereocenters. The van der Waals surface area contributed by atoms with E-state index >= 15 is 0 Å². The number of carbonyl (C=O) groups excluding carboxylic acids is 1. The molecule has 1 aromatic rings. The average molecular weight is 319 g/mol. The van der Waals surface area contributed by atoms with Crippen LogP contribution in [0, 0.1) is 0 Å². The zero-order chi connectivity index (χ0) is 16.4. The highest BCUT2D eigenvalue weighted by Crippen LogP contribution is 2.20. The molecule has 1 amide bonds. The van der Waals surface area contributed by atoms with E-state index in [0.717, 1.165) is 26.1 Å². The first-order valence-corrected chi connectivity index (χ1v) is 8.80. The molecule has 2 aliphatic rings. The van der Waals surface area contributed by atoms with Gasteiger partial charge in [-0.15, -0.1) is 0 Å². The summed E-state index contributed by atoms with van der Waals surface area (Å²) >= 11 is 0. The summed E-state index contributed by atoms with van der Waals surface area (Å²) in [6.07, 6.45) is 3.59. The van der Waals surface area contributed by atoms with Crippen LogP contribution >= 0.6 is 0 Å². The number of aromatic nitrogens is 1. The van der Waals surface area contributed by atoms with Crippen molar-refractivity contribution < 1.29 is 9.53 Å². The van der Waals surface area contributed by atoms with Gasteiger partial charge in [0.1, 0.15) is 5.60 Å². The van der Waals surface area contributed by atoms with Gasteiger partial charge in [0.2, 0.25) is 0 Å². The van der Waals surface area contributed by atoms with Gasteiger partial charge in [0, 0.05) is 37.4 Å². The first-order chi connectivity index (χ1) is 10.9. The largest absolute Gasteiger partial charge is 0.444 e. The van der Waals surface area contributed by atoms with Crippen molar-refractivity contribution in [2.75, 3.05) is 26.2 Å². The van der Waals surface area contributed by atoms with Gasteiger partial charge in [0.25, 0.3) is 0 Å². The maximum absolute atomic E-state index is 12.2. The van der Waals surface area contributed by atoms with E-state index in [1.165, 1.54) is 37.3 Å². The second-order valence-electron chi connectivity index (χ2n) is 7.67. The van der Waals surface area contributed by atoms with E-state index < -0.39 is 5.60 Å². The number of rotatable bonds is 3. The molecule has 3 heterocycles. The van der Waals surface area contributed by atoms with Crippen LogP contribution in [-0.2, 0) is 24.2 Å². The van der Waals surface area contributed by atoms with Gasteiger partial charge in [0.05, 0.1) is 6.54 Å². The Kier molecular flexibility index (Phi) is 4.67. The SMILES string of the molecule is CC(C)(C)OC(=O)N1CCn2c(CCN3CCCC3)ccc2C1. The van der Waals surface area contributed by atoms with Crippen LogP contribution in [0.1, 0.15) is 45.0 Å². The maximum Gasteiger partial charge on any atom is 0.410 e. The fourth-order valence-electron chi connectivity index (χ4n) is 3.46. The van der Waals surface area contributed by atoms with E-state index in [2.05, 4.69) is 21.6 Å². The van der Waals surface area contributed by atoms with E-state index in [0.29, 0.717) is 6.54 Å². The molecule has 0 aliphatic carbocycles. The van der Waals surface area contributed by atoms with Crippen molar-refractivity contribution in [3.63, 3.8) is 0 Å². The summed E-state index contributed by atoms with van der Waals surface area (Å²) in [4.78, 5) is 16.6. The monoisotopic (exact) mass is 319 g/mol. The molecule has 23 heavy (non-hydrogen) atoms. The van der Waals surface area contributed by atoms with Gasteiger partial charge >= 0.3 is 6.09 Å². The Morgan fingerprint density at radius 1 is 1.13 bits per heavy atom. The lowest BCUT2D eigenvalue weighted by Crippen LogP contribution is -2.41. The zero-order valence-electron chi connectivity index (χ0n) is 14.7. The average Bonchev–Trinajstić information content (AvgIpc) is 3.12. The summed E-state index contributed by atoms with van der Waals surface area (Å²) in [5, 5.41) is 0. The van der Waals surface area contributed by atoms with Gasteiger partial charge in [-0.25, -0.2) is 4.79 Å². The van der Waals surface area contributed by atoms with E-state index in [-0.39, 0.29) is 6.09 Å². The second-order valence-corrected chi connectivity index (χ2v) is 7.67. The Morgan fingerprint density at radius 3 is 2.57 bits per heavy atom. The van der Waals surface area contributed by atoms with Gasteiger partial charge < -0.3 is 19.1 Å². The third-order valence-corrected chi connectivity index (χ3v) is 4.64. The van der Waals surface area contributed by atoms with Crippen molar-refractivity contribution in [2.45, 2.75) is 58.7 Å². The Morgan fingerprint density at radius 2 is 1.87 bits per heavy atom. The molecule has 1 saturated heterocycles. The Labute approximate surface area is 139 Å². The number of ether oxygens (including phenoxy) is 1. The lowest BCUT2D eigenvalue weighted by atomic mass is 10.2. The summed E-state index contributed by atoms with van der Waals surface area (Å²) in [7, 11) is 0. The van der Waals surface area contributed by atoms with Crippen LogP contribution in [0.25, 0.3) is 0 Å². The van der Waals surface area contributed by atoms with Crippen LogP contribution < -0.4 is 0 Å². The number of nitrogens with zero attached hydrogens (tertiary/aromatic N) is 3. The van der Waals surface area contributed by atoms with Crippen molar-refractivity contribution in [1.29, 1.82) is 0 Å². The Balaban J connectivity index is 1.58. The first kappa shape index (κ1) is 16.4. The minimum Gasteiger partial charge on any atom is -0.444 e. The minimum absolute atomic E-state index is 0.205. The molecule has 5 nitrogen and oxygen atoms in total. The standard InChI is InChI=1S/C18H29N3O2/c1-18(2,3)23-17(22)20-12-13-21-15(6-7-16(21)14-20)8-11-19-9-4-5-10-19/h6-7H,4-5,8-14H2,1-3H3. The minimum atomic E-state index is -0.433. The molecule has 0 aromatic carbocycles. The molecule has 0 spiro atoms. The van der Waals surface area contributed by atoms with Crippen molar-refractivity contribution >= 4 is 6.09 Å². The Hall–Kier alpha value is -1.49. The van der Waals surface area contributed by atoms with Gasteiger partial charge in [-0.2, -0.15) is 0 Å². The van der Waals surface area contributed by atoms with Crippen molar-refractivity contribution in [1.82, 2.24) is 14.4 Å². The number of likely N-dealkylation sites (tertiary alicyclic amines) is 1. The van der Waals surface area contributed by atoms with Gasteiger partial charge in [0.15, 0.2) is 0 Å². The van der Waals surface area contributed by atoms with Crippen LogP contribution in [0.2, 0.25) is 0 Å². The number of fused-ring (bicyclic) bond motifs is 1. The van der Waals surface area contributed by atoms with E-state index in [1.54, 1.807) is 0 Å². The van der Waals surface area contributed by atoms with E-state index in [1.807, 2.05) is 25.7 Å². The van der Waals surface area contributed by atoms with Crippen LogP contribution in [0.3, 0.4) is 0 Å². The summed E-state index contributed by atoms with van der Waals surface area (Å²) in [6.45, 7) is 11.6. The van der Waals surface area contributed by atoms with Crippen LogP contribution in [-0.4, -0.2) is 52.2 Å². The van der Waals surface area contributed by atoms with Crippen molar-refractivity contribution in [3.8, 4) is 0 Å². The molecular formula is C18H29N3O2. The molecule has 5 heteroatoms. The fraction of sp³-hybridized carbons (Fsp3) is 0.722.